The minimum Gasteiger partial charge on any atom is -0.593 e. The van der Waals surface area contributed by atoms with Crippen molar-refractivity contribution in [3.63, 3.8) is 0 Å². The Hall–Kier alpha value is -3.88. The van der Waals surface area contributed by atoms with Gasteiger partial charge in [0.2, 0.25) is 0 Å². The Morgan fingerprint density at radius 3 is 2.71 bits per heavy atom. The Morgan fingerprint density at radius 1 is 1.24 bits per heavy atom. The maximum Gasteiger partial charge on any atom is 0.271 e. The van der Waals surface area contributed by atoms with Gasteiger partial charge in [0.15, 0.2) is 11.5 Å². The number of hydrogen-bond acceptors (Lipinski definition) is 9. The number of anilines is 1. The van der Waals surface area contributed by atoms with E-state index in [4.69, 9.17) is 4.74 Å². The summed E-state index contributed by atoms with van der Waals surface area (Å²) >= 11 is -1.58. The van der Waals surface area contributed by atoms with Gasteiger partial charge in [-0.2, -0.15) is 4.72 Å². The normalized spacial score (nSPS) is 14.4. The number of aryl methyl sites for hydroxylation is 1. The largest absolute Gasteiger partial charge is 0.593 e. The van der Waals surface area contributed by atoms with E-state index in [9.17, 15) is 9.66 Å². The van der Waals surface area contributed by atoms with Crippen molar-refractivity contribution in [2.75, 3.05) is 11.8 Å². The third kappa shape index (κ3) is 4.88. The number of hydrogen-bond donors (Lipinski definition) is 2. The fourth-order valence-electron chi connectivity index (χ4n) is 3.22. The van der Waals surface area contributed by atoms with Crippen LogP contribution in [0, 0.1) is 6.92 Å². The monoisotopic (exact) mass is 477 g/mol. The van der Waals surface area contributed by atoms with Crippen molar-refractivity contribution in [2.45, 2.75) is 32.4 Å². The Bertz CT molecular complexity index is 1340. The first kappa shape index (κ1) is 23.3. The van der Waals surface area contributed by atoms with Crippen LogP contribution < -0.4 is 9.46 Å². The van der Waals surface area contributed by atoms with Gasteiger partial charge in [-0.3, -0.25) is 0 Å². The summed E-state index contributed by atoms with van der Waals surface area (Å²) < 4.78 is 23.0. The number of nitrogens with zero attached hydrogens (tertiary/aromatic N) is 6. The molecule has 3 heterocycles. The molecule has 34 heavy (non-hydrogen) atoms. The second kappa shape index (κ2) is 9.94. The smallest absolute Gasteiger partial charge is 0.271 e. The minimum absolute atomic E-state index is 0.0769. The Kier molecular flexibility index (Phi) is 6.81. The topological polar surface area (TPSA) is 133 Å². The number of ether oxygens (including phenoxy) is 1. The lowest BCUT2D eigenvalue weighted by Gasteiger charge is -2.19. The van der Waals surface area contributed by atoms with Crippen molar-refractivity contribution in [2.24, 2.45) is 4.99 Å². The summed E-state index contributed by atoms with van der Waals surface area (Å²) in [6.07, 6.45) is 5.53. The predicted molar refractivity (Wildman–Crippen MR) is 129 cm³/mol. The molecule has 0 fully saturated rings. The molecule has 11 heteroatoms. The molecule has 1 aliphatic heterocycles. The second-order valence-electron chi connectivity index (χ2n) is 7.62. The minimum atomic E-state index is -1.58. The third-order valence-corrected chi connectivity index (χ3v) is 6.20. The predicted octanol–water partition coefficient (Wildman–Crippen LogP) is 2.91. The zero-order chi connectivity index (χ0) is 24.2. The third-order valence-electron chi connectivity index (χ3n) is 4.92. The maximum atomic E-state index is 13.1. The van der Waals surface area contributed by atoms with Gasteiger partial charge in [-0.05, 0) is 44.2 Å². The summed E-state index contributed by atoms with van der Waals surface area (Å²) in [4.78, 5) is 13.0. The van der Waals surface area contributed by atoms with Gasteiger partial charge in [-0.25, -0.2) is 19.5 Å². The molecule has 10 nitrogen and oxygen atoms in total. The van der Waals surface area contributed by atoms with Crippen molar-refractivity contribution in [3.8, 4) is 17.2 Å². The van der Waals surface area contributed by atoms with Crippen molar-refractivity contribution >= 4 is 28.7 Å². The number of allylic oxidation sites excluding steroid dienone is 1. The van der Waals surface area contributed by atoms with Crippen LogP contribution in [-0.2, 0) is 17.8 Å². The molecule has 0 bridgehead atoms. The van der Waals surface area contributed by atoms with Gasteiger partial charge in [-0.1, -0.05) is 11.8 Å². The molecule has 0 spiro atoms. The molecule has 0 saturated carbocycles. The van der Waals surface area contributed by atoms with Gasteiger partial charge < -0.3 is 14.4 Å². The van der Waals surface area contributed by atoms with Crippen LogP contribution in [0.5, 0.6) is 11.5 Å². The maximum absolute atomic E-state index is 13.1. The van der Waals surface area contributed by atoms with Gasteiger partial charge >= 0.3 is 0 Å². The summed E-state index contributed by atoms with van der Waals surface area (Å²) in [5, 5.41) is 18.8. The Labute approximate surface area is 199 Å². The van der Waals surface area contributed by atoms with Crippen LogP contribution in [0.3, 0.4) is 0 Å². The number of phenolic OH excluding ortho intramolecular Hbond substituents is 1. The molecule has 0 aliphatic carbocycles. The van der Waals surface area contributed by atoms with Crippen molar-refractivity contribution in [3.05, 3.63) is 65.3 Å². The molecule has 1 aromatic carbocycles. The molecule has 1 aliphatic rings. The molecular weight excluding hydrogens is 454 g/mol. The van der Waals surface area contributed by atoms with Crippen LogP contribution in [0.4, 0.5) is 5.95 Å². The standard InChI is InChI=1S/C23H23N7O3S/c1-14-12-24-20(25-13-14)11-16(3)34(32)29-23-28-27-22(17-8-5-7-15(2)26-17)30(23)21-18(31)9-6-10-19(21)33-4/h6-7,9-10,12-13,16,31H,11H2,1-4H3,(H,28,29). The van der Waals surface area contributed by atoms with E-state index in [-0.39, 0.29) is 28.5 Å². The Morgan fingerprint density at radius 2 is 2.00 bits per heavy atom. The highest BCUT2D eigenvalue weighted by Crippen LogP contribution is 2.36. The van der Waals surface area contributed by atoms with Crippen LogP contribution in [0.1, 0.15) is 31.1 Å². The van der Waals surface area contributed by atoms with E-state index >= 15 is 0 Å². The van der Waals surface area contributed by atoms with E-state index in [1.807, 2.05) is 20.8 Å². The highest BCUT2D eigenvalue weighted by atomic mass is 32.2. The van der Waals surface area contributed by atoms with Crippen molar-refractivity contribution < 1.29 is 14.4 Å². The number of aromatic nitrogens is 5. The van der Waals surface area contributed by atoms with E-state index in [0.29, 0.717) is 29.4 Å². The van der Waals surface area contributed by atoms with E-state index in [2.05, 4.69) is 41.3 Å². The summed E-state index contributed by atoms with van der Waals surface area (Å²) in [7, 11) is 1.49. The lowest BCUT2D eigenvalue weighted by molar-refractivity contribution is 0.404. The molecule has 3 aromatic rings. The first-order chi connectivity index (χ1) is 16.4. The molecule has 174 valence electrons. The summed E-state index contributed by atoms with van der Waals surface area (Å²) in [5.74, 6) is 1.29. The number of rotatable bonds is 8. The molecule has 0 radical (unpaired) electrons. The number of nitrogens with one attached hydrogen (secondary N) is 1. The summed E-state index contributed by atoms with van der Waals surface area (Å²) in [6.45, 7) is 5.54. The van der Waals surface area contributed by atoms with Gasteiger partial charge in [0.1, 0.15) is 28.3 Å². The van der Waals surface area contributed by atoms with E-state index in [1.54, 1.807) is 30.6 Å². The molecule has 2 N–H and O–H groups in total. The van der Waals surface area contributed by atoms with E-state index in [0.717, 1.165) is 5.56 Å². The fourth-order valence-corrected chi connectivity index (χ4v) is 4.03. The number of aromatic hydroxyl groups is 1. The molecule has 4 rings (SSSR count). The number of aliphatic imine (C=N–C) groups is 1. The van der Waals surface area contributed by atoms with Crippen LogP contribution in [0.25, 0.3) is 11.4 Å². The Balaban J connectivity index is 1.73. The van der Waals surface area contributed by atoms with Gasteiger partial charge in [0.05, 0.1) is 24.9 Å². The van der Waals surface area contributed by atoms with E-state index < -0.39 is 11.4 Å². The lowest BCUT2D eigenvalue weighted by atomic mass is 10.2. The highest BCUT2D eigenvalue weighted by Gasteiger charge is 2.28. The van der Waals surface area contributed by atoms with Gasteiger partial charge in [0.25, 0.3) is 5.95 Å². The molecule has 2 unspecified atom stereocenters. The van der Waals surface area contributed by atoms with Crippen LogP contribution >= 0.6 is 0 Å². The highest BCUT2D eigenvalue weighted by molar-refractivity contribution is 7.93. The van der Waals surface area contributed by atoms with Crippen molar-refractivity contribution in [1.29, 1.82) is 0 Å². The number of phenols is 1. The zero-order valence-corrected chi connectivity index (χ0v) is 19.9. The van der Waals surface area contributed by atoms with Crippen LogP contribution in [-0.4, -0.2) is 52.5 Å². The molecule has 2 atom stereocenters. The van der Waals surface area contributed by atoms with Crippen LogP contribution in [0.15, 0.2) is 53.1 Å². The molecule has 0 amide bonds. The summed E-state index contributed by atoms with van der Waals surface area (Å²) in [5.41, 5.74) is 8.10. The zero-order valence-electron chi connectivity index (χ0n) is 19.1. The average Bonchev–Trinajstić information content (AvgIpc) is 3.23. The summed E-state index contributed by atoms with van der Waals surface area (Å²) in [6, 6.07) is 4.86. The average molecular weight is 478 g/mol. The van der Waals surface area contributed by atoms with Crippen molar-refractivity contribution in [1.82, 2.24) is 24.7 Å². The number of benzene rings is 1. The lowest BCUT2D eigenvalue weighted by Crippen LogP contribution is -2.29. The first-order valence-corrected chi connectivity index (χ1v) is 11.6. The first-order valence-electron chi connectivity index (χ1n) is 10.4. The second-order valence-corrected chi connectivity index (χ2v) is 9.22. The number of para-hydroxylation sites is 1. The molecule has 2 aromatic heterocycles. The quantitative estimate of drug-likeness (QED) is 0.374. The number of methoxy groups -OCH3 is 1. The molecular formula is C23H23N7O3S. The SMILES string of the molecule is COc1cccc(O)c1-n1c(N[S+]([O-])C(C)Cc2ncc(C)cn2)nnc1C1=C=C=CC(C)=N1. The van der Waals surface area contributed by atoms with Crippen LogP contribution in [0.2, 0.25) is 0 Å². The van der Waals surface area contributed by atoms with E-state index in [1.165, 1.54) is 17.7 Å². The van der Waals surface area contributed by atoms with Gasteiger partial charge in [-0.15, -0.1) is 10.2 Å². The molecule has 0 saturated heterocycles. The van der Waals surface area contributed by atoms with Gasteiger partial charge in [0, 0.05) is 24.2 Å². The fraction of sp³-hybridized carbons (Fsp3) is 0.261.